The molecule has 1 fully saturated rings. The Hall–Kier alpha value is -0.830. The van der Waals surface area contributed by atoms with Gasteiger partial charge in [0.05, 0.1) is 5.69 Å². The molecule has 1 aromatic heterocycles. The Bertz CT molecular complexity index is 329. The van der Waals surface area contributed by atoms with Crippen LogP contribution in [-0.4, -0.2) is 23.1 Å². The van der Waals surface area contributed by atoms with E-state index in [1.54, 1.807) is 0 Å². The van der Waals surface area contributed by atoms with Crippen molar-refractivity contribution in [3.8, 4) is 0 Å². The van der Waals surface area contributed by atoms with Gasteiger partial charge in [0.25, 0.3) is 0 Å². The second-order valence-corrected chi connectivity index (χ2v) is 5.20. The summed E-state index contributed by atoms with van der Waals surface area (Å²) in [4.78, 5) is 8.11. The molecule has 14 heavy (non-hydrogen) atoms. The lowest BCUT2D eigenvalue weighted by Crippen LogP contribution is -2.40. The molecule has 0 aliphatic carbocycles. The maximum absolute atomic E-state index is 4.71. The van der Waals surface area contributed by atoms with Crippen molar-refractivity contribution in [2.45, 2.75) is 39.0 Å². The van der Waals surface area contributed by atoms with Crippen LogP contribution in [0.4, 0.5) is 0 Å². The fourth-order valence-corrected chi connectivity index (χ4v) is 1.89. The van der Waals surface area contributed by atoms with Crippen LogP contribution in [0.3, 0.4) is 0 Å². The van der Waals surface area contributed by atoms with Crippen molar-refractivity contribution in [3.63, 3.8) is 0 Å². The summed E-state index contributed by atoms with van der Waals surface area (Å²) in [5.41, 5.74) is 2.58. The van der Waals surface area contributed by atoms with Gasteiger partial charge in [-0.1, -0.05) is 20.8 Å². The molecule has 78 valence electrons. The van der Waals surface area contributed by atoms with Crippen molar-refractivity contribution >= 4 is 0 Å². The van der Waals surface area contributed by atoms with Crippen molar-refractivity contribution in [1.82, 2.24) is 15.3 Å². The highest BCUT2D eigenvalue weighted by Gasteiger charge is 2.26. The average Bonchev–Trinajstić information content (AvgIpc) is 2.25. The highest BCUT2D eigenvalue weighted by Crippen LogP contribution is 2.26. The molecule has 1 aliphatic heterocycles. The van der Waals surface area contributed by atoms with Crippen LogP contribution < -0.4 is 5.32 Å². The minimum atomic E-state index is 0.149. The van der Waals surface area contributed by atoms with Gasteiger partial charge in [0.1, 0.15) is 5.82 Å². The van der Waals surface area contributed by atoms with E-state index in [1.165, 1.54) is 11.4 Å². The second-order valence-electron chi connectivity index (χ2n) is 5.20. The highest BCUT2D eigenvalue weighted by molar-refractivity contribution is 5.23. The van der Waals surface area contributed by atoms with E-state index in [2.05, 4.69) is 38.0 Å². The first-order valence-electron chi connectivity index (χ1n) is 5.26. The molecular weight excluding hydrogens is 174 g/mol. The average molecular weight is 193 g/mol. The first-order chi connectivity index (χ1) is 6.48. The summed E-state index contributed by atoms with van der Waals surface area (Å²) in [6.45, 7) is 10.9. The maximum Gasteiger partial charge on any atom is 0.112 e. The summed E-state index contributed by atoms with van der Waals surface area (Å²) in [5.74, 6) is 1.76. The van der Waals surface area contributed by atoms with Crippen LogP contribution in [0.1, 0.15) is 43.9 Å². The molecule has 0 bridgehead atoms. The zero-order valence-electron chi connectivity index (χ0n) is 9.44. The van der Waals surface area contributed by atoms with E-state index in [4.69, 9.17) is 4.98 Å². The van der Waals surface area contributed by atoms with Crippen LogP contribution >= 0.6 is 0 Å². The molecular formula is C11H19N3. The molecule has 2 rings (SSSR count). The van der Waals surface area contributed by atoms with Crippen LogP contribution in [0.25, 0.3) is 0 Å². The monoisotopic (exact) mass is 193 g/mol. The lowest BCUT2D eigenvalue weighted by Gasteiger charge is -2.25. The van der Waals surface area contributed by atoms with Crippen molar-refractivity contribution in [1.29, 1.82) is 0 Å². The number of hydrogen-bond acceptors (Lipinski definition) is 2. The van der Waals surface area contributed by atoms with Crippen molar-refractivity contribution in [2.75, 3.05) is 13.1 Å². The number of nitrogens with zero attached hydrogens (tertiary/aromatic N) is 1. The molecule has 2 N–H and O–H groups in total. The summed E-state index contributed by atoms with van der Waals surface area (Å²) in [5, 5.41) is 3.27. The largest absolute Gasteiger partial charge is 0.346 e. The summed E-state index contributed by atoms with van der Waals surface area (Å²) in [7, 11) is 0. The Morgan fingerprint density at radius 3 is 2.29 bits per heavy atom. The Morgan fingerprint density at radius 2 is 1.93 bits per heavy atom. The molecule has 0 amide bonds. The summed E-state index contributed by atoms with van der Waals surface area (Å²) in [6, 6.07) is 0. The second kappa shape index (κ2) is 3.09. The number of aryl methyl sites for hydroxylation is 1. The number of imidazole rings is 1. The zero-order valence-corrected chi connectivity index (χ0v) is 9.44. The summed E-state index contributed by atoms with van der Waals surface area (Å²) < 4.78 is 0. The predicted molar refractivity (Wildman–Crippen MR) is 57.6 cm³/mol. The van der Waals surface area contributed by atoms with E-state index >= 15 is 0 Å². The van der Waals surface area contributed by atoms with Gasteiger partial charge in [-0.2, -0.15) is 0 Å². The first-order valence-corrected chi connectivity index (χ1v) is 5.26. The van der Waals surface area contributed by atoms with Crippen molar-refractivity contribution in [2.24, 2.45) is 0 Å². The van der Waals surface area contributed by atoms with E-state index in [9.17, 15) is 0 Å². The molecule has 2 heterocycles. The molecule has 0 aromatic carbocycles. The number of nitrogens with one attached hydrogen (secondary N) is 2. The van der Waals surface area contributed by atoms with Gasteiger partial charge >= 0.3 is 0 Å². The Labute approximate surface area is 85.3 Å². The van der Waals surface area contributed by atoms with Crippen molar-refractivity contribution in [3.05, 3.63) is 17.2 Å². The minimum absolute atomic E-state index is 0.149. The predicted octanol–water partition coefficient (Wildman–Crippen LogP) is 1.70. The van der Waals surface area contributed by atoms with Crippen LogP contribution in [0, 0.1) is 6.92 Å². The van der Waals surface area contributed by atoms with Gasteiger partial charge in [0.15, 0.2) is 0 Å². The number of H-pyrrole nitrogens is 1. The minimum Gasteiger partial charge on any atom is -0.346 e. The maximum atomic E-state index is 4.71. The molecule has 3 nitrogen and oxygen atoms in total. The molecule has 1 aromatic rings. The number of hydrogen-bond donors (Lipinski definition) is 2. The number of aromatic amines is 1. The Kier molecular flexibility index (Phi) is 2.14. The fraction of sp³-hybridized carbons (Fsp3) is 0.727. The van der Waals surface area contributed by atoms with E-state index in [1.807, 2.05) is 0 Å². The molecule has 3 heteroatoms. The lowest BCUT2D eigenvalue weighted by atomic mass is 9.91. The fourth-order valence-electron chi connectivity index (χ4n) is 1.89. The molecule has 0 unspecified atom stereocenters. The zero-order chi connectivity index (χ0) is 10.3. The summed E-state index contributed by atoms with van der Waals surface area (Å²) >= 11 is 0. The third-order valence-corrected chi connectivity index (χ3v) is 2.78. The van der Waals surface area contributed by atoms with E-state index in [0.29, 0.717) is 5.92 Å². The van der Waals surface area contributed by atoms with Gasteiger partial charge < -0.3 is 10.3 Å². The molecule has 0 spiro atoms. The van der Waals surface area contributed by atoms with Crippen LogP contribution in [0.5, 0.6) is 0 Å². The third-order valence-electron chi connectivity index (χ3n) is 2.78. The molecule has 0 radical (unpaired) electrons. The van der Waals surface area contributed by atoms with E-state index < -0.39 is 0 Å². The molecule has 0 saturated carbocycles. The summed E-state index contributed by atoms with van der Waals surface area (Å²) in [6.07, 6.45) is 0. The van der Waals surface area contributed by atoms with Gasteiger partial charge in [-0.25, -0.2) is 4.98 Å². The molecule has 1 aliphatic rings. The van der Waals surface area contributed by atoms with Gasteiger partial charge in [-0.05, 0) is 6.92 Å². The third kappa shape index (κ3) is 1.57. The SMILES string of the molecule is Cc1[nH]c(C2CNC2)nc1C(C)(C)C. The molecule has 1 saturated heterocycles. The Balaban J connectivity index is 2.29. The van der Waals surface area contributed by atoms with Gasteiger partial charge in [-0.15, -0.1) is 0 Å². The number of aromatic nitrogens is 2. The lowest BCUT2D eigenvalue weighted by molar-refractivity contribution is 0.430. The van der Waals surface area contributed by atoms with Gasteiger partial charge in [-0.3, -0.25) is 0 Å². The smallest absolute Gasteiger partial charge is 0.112 e. The van der Waals surface area contributed by atoms with Crippen molar-refractivity contribution < 1.29 is 0 Å². The van der Waals surface area contributed by atoms with Crippen LogP contribution in [-0.2, 0) is 5.41 Å². The van der Waals surface area contributed by atoms with Gasteiger partial charge in [0.2, 0.25) is 0 Å². The molecule has 0 atom stereocenters. The standard InChI is InChI=1S/C11H19N3/c1-7-9(11(2,3)4)14-10(13-7)8-5-12-6-8/h8,12H,5-6H2,1-4H3,(H,13,14). The first kappa shape index (κ1) is 9.71. The topological polar surface area (TPSA) is 40.7 Å². The number of rotatable bonds is 1. The van der Waals surface area contributed by atoms with E-state index in [-0.39, 0.29) is 5.41 Å². The Morgan fingerprint density at radius 1 is 1.29 bits per heavy atom. The van der Waals surface area contributed by atoms with E-state index in [0.717, 1.165) is 18.9 Å². The van der Waals surface area contributed by atoms with Crippen LogP contribution in [0.2, 0.25) is 0 Å². The van der Waals surface area contributed by atoms with Gasteiger partial charge in [0, 0.05) is 30.1 Å². The van der Waals surface area contributed by atoms with Crippen LogP contribution in [0.15, 0.2) is 0 Å². The normalized spacial score (nSPS) is 18.3. The quantitative estimate of drug-likeness (QED) is 0.712. The highest BCUT2D eigenvalue weighted by atomic mass is 15.0.